The van der Waals surface area contributed by atoms with Gasteiger partial charge >= 0.3 is 0 Å². The van der Waals surface area contributed by atoms with Crippen LogP contribution in [0, 0.1) is 0 Å². The molecule has 9 heteroatoms. The zero-order valence-corrected chi connectivity index (χ0v) is 16.3. The van der Waals surface area contributed by atoms with Gasteiger partial charge in [0.1, 0.15) is 22.1 Å². The van der Waals surface area contributed by atoms with Crippen LogP contribution in [0.5, 0.6) is 0 Å². The zero-order chi connectivity index (χ0) is 20.0. The molecule has 0 aliphatic rings. The van der Waals surface area contributed by atoms with E-state index in [0.29, 0.717) is 28.0 Å². The highest BCUT2D eigenvalue weighted by Crippen LogP contribution is 2.35. The average molecular weight is 405 g/mol. The van der Waals surface area contributed by atoms with Crippen LogP contribution >= 0.6 is 11.6 Å². The molecule has 1 unspecified atom stereocenters. The van der Waals surface area contributed by atoms with Crippen molar-refractivity contribution >= 4 is 39.6 Å². The van der Waals surface area contributed by atoms with E-state index < -0.39 is 0 Å². The van der Waals surface area contributed by atoms with E-state index in [1.54, 1.807) is 18.7 Å². The van der Waals surface area contributed by atoms with Crippen molar-refractivity contribution in [2.75, 3.05) is 5.73 Å². The van der Waals surface area contributed by atoms with E-state index in [4.69, 9.17) is 17.3 Å². The van der Waals surface area contributed by atoms with Gasteiger partial charge in [0.2, 0.25) is 0 Å². The van der Waals surface area contributed by atoms with Crippen LogP contribution in [0.15, 0.2) is 43.1 Å². The van der Waals surface area contributed by atoms with Gasteiger partial charge in [0, 0.05) is 46.6 Å². The van der Waals surface area contributed by atoms with Crippen molar-refractivity contribution in [3.8, 4) is 11.1 Å². The second-order valence-corrected chi connectivity index (χ2v) is 7.09. The molecular weight excluding hydrogens is 388 g/mol. The van der Waals surface area contributed by atoms with Gasteiger partial charge in [-0.3, -0.25) is 0 Å². The molecule has 5 heterocycles. The number of nitrogens with two attached hydrogens (primary N) is 1. The first-order valence-corrected chi connectivity index (χ1v) is 9.58. The summed E-state index contributed by atoms with van der Waals surface area (Å²) in [5.74, 6) is 0.775. The van der Waals surface area contributed by atoms with E-state index in [9.17, 15) is 0 Å². The van der Waals surface area contributed by atoms with Gasteiger partial charge in [-0.2, -0.15) is 0 Å². The fourth-order valence-electron chi connectivity index (χ4n) is 3.62. The van der Waals surface area contributed by atoms with Gasteiger partial charge in [0.05, 0.1) is 6.33 Å². The molecule has 8 nitrogen and oxygen atoms in total. The van der Waals surface area contributed by atoms with E-state index >= 15 is 0 Å². The molecule has 5 aromatic rings. The lowest BCUT2D eigenvalue weighted by Gasteiger charge is -2.16. The van der Waals surface area contributed by atoms with Crippen LogP contribution in [0.4, 0.5) is 5.82 Å². The zero-order valence-electron chi connectivity index (χ0n) is 15.5. The van der Waals surface area contributed by atoms with Crippen molar-refractivity contribution in [1.29, 1.82) is 0 Å². The maximum Gasteiger partial charge on any atom is 0.183 e. The topological polar surface area (TPSA) is 122 Å². The first-order valence-electron chi connectivity index (χ1n) is 9.20. The predicted octanol–water partition coefficient (Wildman–Crippen LogP) is 4.07. The molecule has 0 radical (unpaired) electrons. The highest BCUT2D eigenvalue weighted by atomic mass is 35.5. The fraction of sp³-hybridized carbons (Fsp3) is 0.150. The maximum atomic E-state index is 6.50. The number of halogens is 1. The van der Waals surface area contributed by atoms with Crippen molar-refractivity contribution < 1.29 is 0 Å². The number of hydrogen-bond acceptors (Lipinski definition) is 6. The summed E-state index contributed by atoms with van der Waals surface area (Å²) in [6.45, 7) is 2.05. The largest absolute Gasteiger partial charge is 0.382 e. The molecule has 0 amide bonds. The summed E-state index contributed by atoms with van der Waals surface area (Å²) in [5.41, 5.74) is 10.9. The second-order valence-electron chi connectivity index (χ2n) is 6.73. The predicted molar refractivity (Wildman–Crippen MR) is 113 cm³/mol. The Hall–Kier alpha value is -3.52. The van der Waals surface area contributed by atoms with Crippen LogP contribution in [-0.4, -0.2) is 34.9 Å². The molecule has 5 aromatic heterocycles. The van der Waals surface area contributed by atoms with Crippen LogP contribution in [0.2, 0.25) is 5.15 Å². The number of hydrogen-bond donors (Lipinski definition) is 3. The molecule has 0 saturated carbocycles. The summed E-state index contributed by atoms with van der Waals surface area (Å²) in [4.78, 5) is 28.2. The third-order valence-electron chi connectivity index (χ3n) is 5.05. The van der Waals surface area contributed by atoms with Crippen LogP contribution in [0.1, 0.15) is 30.7 Å². The first-order chi connectivity index (χ1) is 14.2. The van der Waals surface area contributed by atoms with Crippen molar-refractivity contribution in [3.63, 3.8) is 0 Å². The summed E-state index contributed by atoms with van der Waals surface area (Å²) in [7, 11) is 0. The average Bonchev–Trinajstić information content (AvgIpc) is 3.37. The lowest BCUT2D eigenvalue weighted by Crippen LogP contribution is -2.09. The van der Waals surface area contributed by atoms with E-state index in [-0.39, 0.29) is 5.92 Å². The molecule has 144 valence electrons. The molecule has 4 N–H and O–H groups in total. The standard InChI is InChI=1S/C20H17ClN8/c1-2-11(19-28-17(22)15-20(29-19)27-9-26-15)13-6-10(7-24-16(13)21)14-8-25-18-12(14)4-3-5-23-18/h3-9,11H,2H2,1H3,(H,23,25)(H3,22,26,27,28,29). The summed E-state index contributed by atoms with van der Waals surface area (Å²) >= 11 is 6.50. The summed E-state index contributed by atoms with van der Waals surface area (Å²) in [5, 5.41) is 1.44. The monoisotopic (exact) mass is 404 g/mol. The van der Waals surface area contributed by atoms with E-state index in [1.165, 1.54) is 0 Å². The number of H-pyrrole nitrogens is 2. The highest BCUT2D eigenvalue weighted by Gasteiger charge is 2.22. The summed E-state index contributed by atoms with van der Waals surface area (Å²) in [6, 6.07) is 5.97. The van der Waals surface area contributed by atoms with Gasteiger partial charge in [-0.15, -0.1) is 0 Å². The fourth-order valence-corrected chi connectivity index (χ4v) is 3.86. The number of anilines is 1. The molecule has 0 saturated heterocycles. The SMILES string of the molecule is CCC(c1nc(N)c2[nH]cnc2n1)c1cc(-c2c[nH]c3ncccc23)cnc1Cl. The van der Waals surface area contributed by atoms with Crippen molar-refractivity contribution in [2.45, 2.75) is 19.3 Å². The highest BCUT2D eigenvalue weighted by molar-refractivity contribution is 6.30. The number of aromatic nitrogens is 7. The Morgan fingerprint density at radius 3 is 2.93 bits per heavy atom. The number of pyridine rings is 2. The minimum absolute atomic E-state index is 0.165. The van der Waals surface area contributed by atoms with Crippen LogP contribution in [0.3, 0.4) is 0 Å². The van der Waals surface area contributed by atoms with Crippen molar-refractivity contribution in [2.24, 2.45) is 0 Å². The third kappa shape index (κ3) is 2.89. The van der Waals surface area contributed by atoms with Gasteiger partial charge in [-0.05, 0) is 24.6 Å². The Balaban J connectivity index is 1.64. The summed E-state index contributed by atoms with van der Waals surface area (Å²) in [6.07, 6.45) is 7.74. The molecule has 0 aliphatic carbocycles. The Morgan fingerprint density at radius 2 is 2.07 bits per heavy atom. The van der Waals surface area contributed by atoms with Gasteiger partial charge in [-0.25, -0.2) is 24.9 Å². The van der Waals surface area contributed by atoms with E-state index in [0.717, 1.165) is 34.1 Å². The minimum atomic E-state index is -0.165. The number of rotatable bonds is 4. The number of nitrogen functional groups attached to an aromatic ring is 1. The van der Waals surface area contributed by atoms with Crippen LogP contribution in [0.25, 0.3) is 33.3 Å². The molecule has 5 rings (SSSR count). The lowest BCUT2D eigenvalue weighted by atomic mass is 9.94. The van der Waals surface area contributed by atoms with Crippen molar-refractivity contribution in [1.82, 2.24) is 34.9 Å². The molecule has 0 fully saturated rings. The van der Waals surface area contributed by atoms with Gasteiger partial charge in [0.15, 0.2) is 11.5 Å². The molecular formula is C20H17ClN8. The number of fused-ring (bicyclic) bond motifs is 2. The van der Waals surface area contributed by atoms with Crippen LogP contribution in [-0.2, 0) is 0 Å². The van der Waals surface area contributed by atoms with Gasteiger partial charge in [-0.1, -0.05) is 18.5 Å². The minimum Gasteiger partial charge on any atom is -0.382 e. The van der Waals surface area contributed by atoms with Crippen LogP contribution < -0.4 is 5.73 Å². The third-order valence-corrected chi connectivity index (χ3v) is 5.37. The normalized spacial score (nSPS) is 12.6. The first kappa shape index (κ1) is 17.6. The Morgan fingerprint density at radius 1 is 1.17 bits per heavy atom. The van der Waals surface area contributed by atoms with E-state index in [2.05, 4.69) is 41.8 Å². The lowest BCUT2D eigenvalue weighted by molar-refractivity contribution is 0.720. The number of nitrogens with one attached hydrogen (secondary N) is 2. The van der Waals surface area contributed by atoms with Gasteiger partial charge < -0.3 is 15.7 Å². The van der Waals surface area contributed by atoms with E-state index in [1.807, 2.05) is 24.4 Å². The summed E-state index contributed by atoms with van der Waals surface area (Å²) < 4.78 is 0. The smallest absolute Gasteiger partial charge is 0.183 e. The molecule has 0 aromatic carbocycles. The number of aromatic amines is 2. The van der Waals surface area contributed by atoms with Crippen molar-refractivity contribution in [3.05, 3.63) is 59.7 Å². The number of nitrogens with zero attached hydrogens (tertiary/aromatic N) is 5. The Kier molecular flexibility index (Phi) is 4.13. The number of imidazole rings is 1. The van der Waals surface area contributed by atoms with Gasteiger partial charge in [0.25, 0.3) is 0 Å². The Labute approximate surface area is 170 Å². The molecule has 0 spiro atoms. The molecule has 1 atom stereocenters. The quantitative estimate of drug-likeness (QED) is 0.388. The molecule has 29 heavy (non-hydrogen) atoms. The maximum absolute atomic E-state index is 6.50. The molecule has 0 aliphatic heterocycles. The Bertz CT molecular complexity index is 1340. The second kappa shape index (κ2) is 6.82. The molecule has 0 bridgehead atoms.